The van der Waals surface area contributed by atoms with Crippen molar-refractivity contribution in [3.05, 3.63) is 90.3 Å². The Bertz CT molecular complexity index is 1290. The topological polar surface area (TPSA) is 73.2 Å². The van der Waals surface area contributed by atoms with E-state index in [4.69, 9.17) is 4.74 Å². The van der Waals surface area contributed by atoms with Crippen LogP contribution in [0.5, 0.6) is 5.75 Å². The van der Waals surface area contributed by atoms with Gasteiger partial charge in [-0.25, -0.2) is 9.67 Å². The monoisotopic (exact) mass is 495 g/mol. The maximum Gasteiger partial charge on any atom is 0.573 e. The highest BCUT2D eigenvalue weighted by molar-refractivity contribution is 5.59. The van der Waals surface area contributed by atoms with E-state index in [9.17, 15) is 13.2 Å². The zero-order chi connectivity index (χ0) is 25.1. The molecule has 0 spiro atoms. The molecule has 2 unspecified atom stereocenters. The SMILES string of the molecule is Cc1ccc(C2CCOC(Nc3ccc(-c4ncn(-c5ccc(OC(F)(F)F)cc5)n4)cc3)N2)cc1. The first kappa shape index (κ1) is 23.8. The summed E-state index contributed by atoms with van der Waals surface area (Å²) in [5, 5.41) is 11.3. The number of ether oxygens (including phenoxy) is 2. The smallest absolute Gasteiger partial charge is 0.406 e. The van der Waals surface area contributed by atoms with Gasteiger partial charge in [-0.3, -0.25) is 5.32 Å². The van der Waals surface area contributed by atoms with Gasteiger partial charge >= 0.3 is 6.36 Å². The molecule has 0 saturated carbocycles. The third-order valence-corrected chi connectivity index (χ3v) is 5.79. The van der Waals surface area contributed by atoms with Crippen LogP contribution in [0.2, 0.25) is 0 Å². The molecule has 1 aromatic heterocycles. The number of aryl methyl sites for hydroxylation is 1. The first-order valence-electron chi connectivity index (χ1n) is 11.4. The van der Waals surface area contributed by atoms with Crippen LogP contribution >= 0.6 is 0 Å². The lowest BCUT2D eigenvalue weighted by Gasteiger charge is -2.32. The molecule has 186 valence electrons. The molecule has 0 aliphatic carbocycles. The zero-order valence-electron chi connectivity index (χ0n) is 19.4. The lowest BCUT2D eigenvalue weighted by atomic mass is 10.0. The van der Waals surface area contributed by atoms with Crippen LogP contribution in [0, 0.1) is 6.92 Å². The number of halogens is 3. The van der Waals surface area contributed by atoms with Crippen molar-refractivity contribution in [1.29, 1.82) is 0 Å². The molecule has 4 aromatic rings. The van der Waals surface area contributed by atoms with Gasteiger partial charge in [0.25, 0.3) is 0 Å². The van der Waals surface area contributed by atoms with Crippen molar-refractivity contribution < 1.29 is 22.6 Å². The van der Waals surface area contributed by atoms with Gasteiger partial charge in [-0.05, 0) is 67.4 Å². The summed E-state index contributed by atoms with van der Waals surface area (Å²) in [5.41, 5.74) is 4.70. The summed E-state index contributed by atoms with van der Waals surface area (Å²) < 4.78 is 48.3. The molecule has 3 aromatic carbocycles. The fraction of sp³-hybridized carbons (Fsp3) is 0.231. The van der Waals surface area contributed by atoms with Gasteiger partial charge in [0.15, 0.2) is 12.2 Å². The first-order valence-corrected chi connectivity index (χ1v) is 11.4. The summed E-state index contributed by atoms with van der Waals surface area (Å²) >= 11 is 0. The fourth-order valence-corrected chi connectivity index (χ4v) is 3.95. The van der Waals surface area contributed by atoms with E-state index in [1.54, 1.807) is 0 Å². The van der Waals surface area contributed by atoms with Gasteiger partial charge in [0.1, 0.15) is 12.1 Å². The molecule has 1 fully saturated rings. The summed E-state index contributed by atoms with van der Waals surface area (Å²) in [6, 6.07) is 21.7. The second-order valence-electron chi connectivity index (χ2n) is 8.45. The second-order valence-corrected chi connectivity index (χ2v) is 8.45. The van der Waals surface area contributed by atoms with E-state index in [-0.39, 0.29) is 18.1 Å². The number of rotatable bonds is 6. The summed E-state index contributed by atoms with van der Waals surface area (Å²) in [7, 11) is 0. The molecule has 0 amide bonds. The minimum Gasteiger partial charge on any atom is -0.406 e. The van der Waals surface area contributed by atoms with Crippen LogP contribution in [-0.4, -0.2) is 34.1 Å². The van der Waals surface area contributed by atoms with Crippen molar-refractivity contribution in [2.45, 2.75) is 32.1 Å². The first-order chi connectivity index (χ1) is 17.3. The third-order valence-electron chi connectivity index (χ3n) is 5.79. The van der Waals surface area contributed by atoms with E-state index in [2.05, 4.69) is 56.6 Å². The minimum absolute atomic E-state index is 0.207. The predicted molar refractivity (Wildman–Crippen MR) is 129 cm³/mol. The van der Waals surface area contributed by atoms with E-state index >= 15 is 0 Å². The van der Waals surface area contributed by atoms with Gasteiger partial charge in [-0.15, -0.1) is 18.3 Å². The highest BCUT2D eigenvalue weighted by Gasteiger charge is 2.31. The fourth-order valence-electron chi connectivity index (χ4n) is 3.95. The number of hydrogen-bond donors (Lipinski definition) is 2. The van der Waals surface area contributed by atoms with E-state index < -0.39 is 6.36 Å². The summed E-state index contributed by atoms with van der Waals surface area (Å²) in [6.07, 6.45) is -2.65. The Balaban J connectivity index is 1.21. The zero-order valence-corrected chi connectivity index (χ0v) is 19.4. The second kappa shape index (κ2) is 10.00. The molecule has 0 radical (unpaired) electrons. The van der Waals surface area contributed by atoms with Crippen LogP contribution in [0.1, 0.15) is 23.6 Å². The predicted octanol–water partition coefficient (Wildman–Crippen LogP) is 5.59. The third kappa shape index (κ3) is 5.84. The van der Waals surface area contributed by atoms with E-state index in [1.807, 2.05) is 24.3 Å². The normalized spacial score (nSPS) is 18.1. The summed E-state index contributed by atoms with van der Waals surface area (Å²) in [6.45, 7) is 2.72. The summed E-state index contributed by atoms with van der Waals surface area (Å²) in [4.78, 5) is 4.32. The Morgan fingerprint density at radius 2 is 1.72 bits per heavy atom. The van der Waals surface area contributed by atoms with Crippen molar-refractivity contribution >= 4 is 5.69 Å². The average molecular weight is 496 g/mol. The lowest BCUT2D eigenvalue weighted by molar-refractivity contribution is -0.274. The molecule has 7 nitrogen and oxygen atoms in total. The Kier molecular flexibility index (Phi) is 6.62. The van der Waals surface area contributed by atoms with Crippen molar-refractivity contribution in [2.75, 3.05) is 11.9 Å². The van der Waals surface area contributed by atoms with Gasteiger partial charge < -0.3 is 14.8 Å². The van der Waals surface area contributed by atoms with Crippen molar-refractivity contribution in [1.82, 2.24) is 20.1 Å². The number of aromatic nitrogens is 3. The molecule has 2 heterocycles. The molecule has 0 bridgehead atoms. The molecule has 1 aliphatic rings. The van der Waals surface area contributed by atoms with Crippen molar-refractivity contribution in [3.8, 4) is 22.8 Å². The highest BCUT2D eigenvalue weighted by atomic mass is 19.4. The molecule has 10 heteroatoms. The van der Waals surface area contributed by atoms with Crippen LogP contribution in [0.4, 0.5) is 18.9 Å². The minimum atomic E-state index is -4.73. The van der Waals surface area contributed by atoms with Crippen LogP contribution in [0.25, 0.3) is 17.1 Å². The van der Waals surface area contributed by atoms with Crippen molar-refractivity contribution in [2.24, 2.45) is 0 Å². The highest BCUT2D eigenvalue weighted by Crippen LogP contribution is 2.25. The van der Waals surface area contributed by atoms with Crippen molar-refractivity contribution in [3.63, 3.8) is 0 Å². The molecular formula is C26H24F3N5O2. The van der Waals surface area contributed by atoms with Gasteiger partial charge in [0.05, 0.1) is 12.3 Å². The Hall–Kier alpha value is -3.89. The molecular weight excluding hydrogens is 471 g/mol. The maximum atomic E-state index is 12.4. The van der Waals surface area contributed by atoms with Gasteiger partial charge in [-0.2, -0.15) is 0 Å². The Morgan fingerprint density at radius 3 is 2.42 bits per heavy atom. The Labute approximate surface area is 205 Å². The number of alkyl halides is 3. The van der Waals surface area contributed by atoms with Crippen LogP contribution in [0.15, 0.2) is 79.1 Å². The number of hydrogen-bond acceptors (Lipinski definition) is 6. The maximum absolute atomic E-state index is 12.4. The van der Waals surface area contributed by atoms with E-state index in [0.717, 1.165) is 17.7 Å². The van der Waals surface area contributed by atoms with E-state index in [0.29, 0.717) is 18.1 Å². The van der Waals surface area contributed by atoms with Gasteiger partial charge in [0, 0.05) is 17.3 Å². The molecule has 2 atom stereocenters. The molecule has 2 N–H and O–H groups in total. The number of nitrogens with zero attached hydrogens (tertiary/aromatic N) is 3. The van der Waals surface area contributed by atoms with Crippen LogP contribution < -0.4 is 15.4 Å². The number of anilines is 1. The quantitative estimate of drug-likeness (QED) is 0.364. The number of benzene rings is 3. The summed E-state index contributed by atoms with van der Waals surface area (Å²) in [5.74, 6) is 0.194. The molecule has 1 aliphatic heterocycles. The van der Waals surface area contributed by atoms with Gasteiger partial charge in [-0.1, -0.05) is 29.8 Å². The van der Waals surface area contributed by atoms with Crippen LogP contribution in [0.3, 0.4) is 0 Å². The largest absolute Gasteiger partial charge is 0.573 e. The lowest BCUT2D eigenvalue weighted by Crippen LogP contribution is -2.45. The standard InChI is InChI=1S/C26H24F3N5O2/c1-17-2-4-18(5-3-17)23-14-15-35-25(32-23)31-20-8-6-19(7-9-20)24-30-16-34(33-24)21-10-12-22(13-11-21)36-26(27,28)29/h2-13,16,23,25,31-32H,14-15H2,1H3. The number of nitrogens with one attached hydrogen (secondary N) is 2. The van der Waals surface area contributed by atoms with Crippen LogP contribution in [-0.2, 0) is 4.74 Å². The molecule has 5 rings (SSSR count). The average Bonchev–Trinajstić information content (AvgIpc) is 3.35. The van der Waals surface area contributed by atoms with Gasteiger partial charge in [0.2, 0.25) is 0 Å². The molecule has 1 saturated heterocycles. The Morgan fingerprint density at radius 1 is 1.00 bits per heavy atom. The van der Waals surface area contributed by atoms with E-state index in [1.165, 1.54) is 46.4 Å². The molecule has 36 heavy (non-hydrogen) atoms.